The Hall–Kier alpha value is -1.85. The van der Waals surface area contributed by atoms with Crippen LogP contribution in [0.5, 0.6) is 0 Å². The Labute approximate surface area is 100 Å². The van der Waals surface area contributed by atoms with Crippen LogP contribution in [-0.2, 0) is 6.54 Å². The minimum Gasteiger partial charge on any atom is -0.368 e. The minimum absolute atomic E-state index is 0.284. The highest BCUT2D eigenvalue weighted by molar-refractivity contribution is 5.86. The number of rotatable bonds is 5. The van der Waals surface area contributed by atoms with Gasteiger partial charge in [-0.05, 0) is 13.3 Å². The average Bonchev–Trinajstić information content (AvgIpc) is 2.72. The van der Waals surface area contributed by atoms with Gasteiger partial charge in [-0.3, -0.25) is 4.68 Å². The van der Waals surface area contributed by atoms with Gasteiger partial charge < -0.3 is 11.1 Å². The van der Waals surface area contributed by atoms with Crippen LogP contribution < -0.4 is 11.1 Å². The molecule has 0 aliphatic carbocycles. The van der Waals surface area contributed by atoms with Gasteiger partial charge in [0.1, 0.15) is 11.0 Å². The fourth-order valence-corrected chi connectivity index (χ4v) is 1.76. The van der Waals surface area contributed by atoms with E-state index in [1.54, 1.807) is 6.20 Å². The van der Waals surface area contributed by atoms with Crippen molar-refractivity contribution in [3.63, 3.8) is 0 Å². The molecule has 0 unspecified atom stereocenters. The summed E-state index contributed by atoms with van der Waals surface area (Å²) < 4.78 is 1.88. The Morgan fingerprint density at radius 2 is 2.18 bits per heavy atom. The van der Waals surface area contributed by atoms with E-state index in [2.05, 4.69) is 27.3 Å². The van der Waals surface area contributed by atoms with E-state index < -0.39 is 0 Å². The second-order valence-corrected chi connectivity index (χ2v) is 3.90. The molecule has 0 atom stereocenters. The molecule has 6 nitrogen and oxygen atoms in total. The second kappa shape index (κ2) is 4.99. The van der Waals surface area contributed by atoms with E-state index in [0.29, 0.717) is 0 Å². The molecule has 0 amide bonds. The Bertz CT molecular complexity index is 504. The van der Waals surface area contributed by atoms with Crippen LogP contribution >= 0.6 is 0 Å². The summed E-state index contributed by atoms with van der Waals surface area (Å²) in [7, 11) is 0. The highest BCUT2D eigenvalue weighted by Crippen LogP contribution is 2.20. The van der Waals surface area contributed by atoms with Crippen molar-refractivity contribution in [3.8, 4) is 0 Å². The minimum atomic E-state index is 0.284. The van der Waals surface area contributed by atoms with Crippen LogP contribution in [0.1, 0.15) is 26.7 Å². The van der Waals surface area contributed by atoms with Crippen LogP contribution in [0.2, 0.25) is 0 Å². The number of nitrogens with one attached hydrogen (secondary N) is 1. The molecule has 2 aromatic rings. The van der Waals surface area contributed by atoms with E-state index in [1.807, 2.05) is 11.6 Å². The Kier molecular flexibility index (Phi) is 3.41. The van der Waals surface area contributed by atoms with Gasteiger partial charge in [0.2, 0.25) is 5.95 Å². The molecule has 0 saturated heterocycles. The third-order valence-electron chi connectivity index (χ3n) is 2.63. The van der Waals surface area contributed by atoms with E-state index in [4.69, 9.17) is 5.73 Å². The van der Waals surface area contributed by atoms with E-state index >= 15 is 0 Å². The lowest BCUT2D eigenvalue weighted by molar-refractivity contribution is 0.683. The van der Waals surface area contributed by atoms with Gasteiger partial charge in [0.15, 0.2) is 5.82 Å². The lowest BCUT2D eigenvalue weighted by atomic mass is 10.3. The zero-order chi connectivity index (χ0) is 12.3. The van der Waals surface area contributed by atoms with E-state index in [-0.39, 0.29) is 5.95 Å². The Morgan fingerprint density at radius 3 is 2.88 bits per heavy atom. The van der Waals surface area contributed by atoms with Gasteiger partial charge in [0.05, 0.1) is 6.20 Å². The third kappa shape index (κ3) is 2.30. The molecule has 2 aromatic heterocycles. The lowest BCUT2D eigenvalue weighted by Crippen LogP contribution is -2.08. The molecule has 0 spiro atoms. The van der Waals surface area contributed by atoms with Crippen molar-refractivity contribution in [3.05, 3.63) is 6.20 Å². The maximum Gasteiger partial charge on any atom is 0.222 e. The SMILES string of the molecule is CCCCNc1nc(N)nc2cnn(CC)c12. The van der Waals surface area contributed by atoms with Crippen LogP contribution in [-0.4, -0.2) is 26.3 Å². The lowest BCUT2D eigenvalue weighted by Gasteiger charge is -2.08. The number of anilines is 2. The number of nitrogen functional groups attached to an aromatic ring is 1. The molecule has 0 fully saturated rings. The first-order valence-corrected chi connectivity index (χ1v) is 5.99. The van der Waals surface area contributed by atoms with E-state index in [9.17, 15) is 0 Å². The van der Waals surface area contributed by atoms with Gasteiger partial charge in [0, 0.05) is 13.1 Å². The van der Waals surface area contributed by atoms with Crippen LogP contribution in [0.15, 0.2) is 6.20 Å². The maximum atomic E-state index is 5.68. The standard InChI is InChI=1S/C11H18N6/c1-3-5-6-13-10-9-8(15-11(12)16-10)7-14-17(9)4-2/h7H,3-6H2,1-2H3,(H3,12,13,15,16). The van der Waals surface area contributed by atoms with Gasteiger partial charge in [0.25, 0.3) is 0 Å². The number of fused-ring (bicyclic) bond motifs is 1. The summed E-state index contributed by atoms with van der Waals surface area (Å²) in [6, 6.07) is 0. The number of nitrogens with two attached hydrogens (primary N) is 1. The zero-order valence-electron chi connectivity index (χ0n) is 10.3. The molecule has 0 saturated carbocycles. The predicted octanol–water partition coefficient (Wildman–Crippen LogP) is 1.64. The van der Waals surface area contributed by atoms with Crippen LogP contribution in [0, 0.1) is 0 Å². The van der Waals surface area contributed by atoms with E-state index in [1.165, 1.54) is 0 Å². The summed E-state index contributed by atoms with van der Waals surface area (Å²) in [5, 5.41) is 7.56. The molecule has 0 radical (unpaired) electrons. The number of unbranched alkanes of at least 4 members (excludes halogenated alkanes) is 1. The summed E-state index contributed by atoms with van der Waals surface area (Å²) in [4.78, 5) is 8.43. The van der Waals surface area contributed by atoms with Gasteiger partial charge >= 0.3 is 0 Å². The molecule has 92 valence electrons. The van der Waals surface area contributed by atoms with Crippen molar-refractivity contribution < 1.29 is 0 Å². The van der Waals surface area contributed by atoms with Crippen molar-refractivity contribution in [2.24, 2.45) is 0 Å². The summed E-state index contributed by atoms with van der Waals surface area (Å²) in [5.41, 5.74) is 7.40. The summed E-state index contributed by atoms with van der Waals surface area (Å²) in [6.45, 7) is 5.87. The number of hydrogen-bond donors (Lipinski definition) is 2. The van der Waals surface area contributed by atoms with Crippen LogP contribution in [0.4, 0.5) is 11.8 Å². The molecule has 0 aromatic carbocycles. The molecule has 0 aliphatic rings. The number of nitrogens with zero attached hydrogens (tertiary/aromatic N) is 4. The van der Waals surface area contributed by atoms with Crippen molar-refractivity contribution in [1.29, 1.82) is 0 Å². The topological polar surface area (TPSA) is 81.7 Å². The first kappa shape index (κ1) is 11.6. The molecular formula is C11H18N6. The second-order valence-electron chi connectivity index (χ2n) is 3.90. The molecule has 17 heavy (non-hydrogen) atoms. The molecular weight excluding hydrogens is 216 g/mol. The molecule has 3 N–H and O–H groups in total. The summed E-state index contributed by atoms with van der Waals surface area (Å²) >= 11 is 0. The number of aryl methyl sites for hydroxylation is 1. The largest absolute Gasteiger partial charge is 0.368 e. The normalized spacial score (nSPS) is 10.9. The highest BCUT2D eigenvalue weighted by Gasteiger charge is 2.10. The van der Waals surface area contributed by atoms with E-state index in [0.717, 1.165) is 42.8 Å². The van der Waals surface area contributed by atoms with Crippen molar-refractivity contribution >= 4 is 22.8 Å². The molecule has 6 heteroatoms. The Balaban J connectivity index is 2.39. The molecule has 2 heterocycles. The Morgan fingerprint density at radius 1 is 1.35 bits per heavy atom. The fraction of sp³-hybridized carbons (Fsp3) is 0.545. The molecule has 2 rings (SSSR count). The smallest absolute Gasteiger partial charge is 0.222 e. The molecule has 0 bridgehead atoms. The summed E-state index contributed by atoms with van der Waals surface area (Å²) in [6.07, 6.45) is 3.97. The van der Waals surface area contributed by atoms with Crippen molar-refractivity contribution in [1.82, 2.24) is 19.7 Å². The van der Waals surface area contributed by atoms with Gasteiger partial charge in [-0.2, -0.15) is 10.1 Å². The monoisotopic (exact) mass is 234 g/mol. The first-order chi connectivity index (χ1) is 8.26. The number of hydrogen-bond acceptors (Lipinski definition) is 5. The average molecular weight is 234 g/mol. The maximum absolute atomic E-state index is 5.68. The third-order valence-corrected chi connectivity index (χ3v) is 2.63. The fourth-order valence-electron chi connectivity index (χ4n) is 1.76. The van der Waals surface area contributed by atoms with Crippen LogP contribution in [0.3, 0.4) is 0 Å². The van der Waals surface area contributed by atoms with Crippen molar-refractivity contribution in [2.75, 3.05) is 17.6 Å². The highest BCUT2D eigenvalue weighted by atomic mass is 15.3. The first-order valence-electron chi connectivity index (χ1n) is 5.99. The van der Waals surface area contributed by atoms with Gasteiger partial charge in [-0.15, -0.1) is 0 Å². The van der Waals surface area contributed by atoms with Crippen LogP contribution in [0.25, 0.3) is 11.0 Å². The summed E-state index contributed by atoms with van der Waals surface area (Å²) in [5.74, 6) is 1.06. The van der Waals surface area contributed by atoms with Gasteiger partial charge in [-0.25, -0.2) is 4.98 Å². The zero-order valence-corrected chi connectivity index (χ0v) is 10.3. The number of aromatic nitrogens is 4. The molecule has 0 aliphatic heterocycles. The van der Waals surface area contributed by atoms with Crippen molar-refractivity contribution in [2.45, 2.75) is 33.2 Å². The predicted molar refractivity (Wildman–Crippen MR) is 68.8 cm³/mol. The van der Waals surface area contributed by atoms with Gasteiger partial charge in [-0.1, -0.05) is 13.3 Å². The quantitative estimate of drug-likeness (QED) is 0.768.